The molecule has 1 saturated heterocycles. The molecule has 26 heavy (non-hydrogen) atoms. The third-order valence-corrected chi connectivity index (χ3v) is 4.91. The lowest BCUT2D eigenvalue weighted by atomic mass is 10.0. The highest BCUT2D eigenvalue weighted by atomic mass is 16.5. The van der Waals surface area contributed by atoms with Gasteiger partial charge >= 0.3 is 0 Å². The summed E-state index contributed by atoms with van der Waals surface area (Å²) in [4.78, 5) is 2.31. The highest BCUT2D eigenvalue weighted by Crippen LogP contribution is 2.21. The minimum absolute atomic E-state index is 0.343. The lowest BCUT2D eigenvalue weighted by Gasteiger charge is -2.20. The molecule has 1 N–H and O–H groups in total. The van der Waals surface area contributed by atoms with Crippen LogP contribution in [0.2, 0.25) is 0 Å². The molecule has 0 amide bonds. The van der Waals surface area contributed by atoms with Crippen LogP contribution in [0.5, 0.6) is 11.5 Å². The molecule has 1 fully saturated rings. The number of rotatable bonds is 9. The number of likely N-dealkylation sites (tertiary alicyclic amines) is 1. The Morgan fingerprint density at radius 3 is 2.46 bits per heavy atom. The predicted molar refractivity (Wildman–Crippen MR) is 104 cm³/mol. The second-order valence-corrected chi connectivity index (χ2v) is 6.93. The molecule has 3 rings (SSSR count). The maximum Gasteiger partial charge on any atom is 0.122 e. The highest BCUT2D eigenvalue weighted by Gasteiger charge is 2.16. The number of aliphatic hydroxyl groups is 1. The lowest BCUT2D eigenvalue weighted by Crippen LogP contribution is -2.33. The van der Waals surface area contributed by atoms with Crippen molar-refractivity contribution in [3.8, 4) is 11.5 Å². The first-order valence-electron chi connectivity index (χ1n) is 9.48. The van der Waals surface area contributed by atoms with Gasteiger partial charge in [-0.3, -0.25) is 0 Å². The van der Waals surface area contributed by atoms with Crippen molar-refractivity contribution < 1.29 is 14.6 Å². The van der Waals surface area contributed by atoms with Crippen LogP contribution in [-0.4, -0.2) is 49.5 Å². The number of ether oxygens (including phenoxy) is 2. The molecule has 0 radical (unpaired) electrons. The van der Waals surface area contributed by atoms with Crippen LogP contribution in [0, 0.1) is 0 Å². The Balaban J connectivity index is 1.51. The fourth-order valence-corrected chi connectivity index (χ4v) is 3.42. The maximum absolute atomic E-state index is 10.2. The molecule has 4 heteroatoms. The Hall–Kier alpha value is -2.04. The second-order valence-electron chi connectivity index (χ2n) is 6.93. The standard InChI is InChI=1S/C22H29NO3/c1-25-21-12-9-18(10-13-21)8-11-19-6-2-3-7-22(19)26-17-20(24)16-23-14-4-5-15-23/h2-3,6-7,9-10,12-13,20,24H,4-5,8,11,14-17H2,1H3. The topological polar surface area (TPSA) is 41.9 Å². The number of nitrogens with zero attached hydrogens (tertiary/aromatic N) is 1. The van der Waals surface area contributed by atoms with Gasteiger partial charge in [0.1, 0.15) is 24.2 Å². The number of benzene rings is 2. The molecule has 2 aromatic carbocycles. The largest absolute Gasteiger partial charge is 0.497 e. The zero-order valence-electron chi connectivity index (χ0n) is 15.6. The molecule has 0 spiro atoms. The molecule has 0 bridgehead atoms. The van der Waals surface area contributed by atoms with E-state index in [0.717, 1.165) is 37.4 Å². The van der Waals surface area contributed by atoms with Gasteiger partial charge in [-0.1, -0.05) is 30.3 Å². The van der Waals surface area contributed by atoms with Gasteiger partial charge in [-0.2, -0.15) is 0 Å². The van der Waals surface area contributed by atoms with Crippen LogP contribution in [0.4, 0.5) is 0 Å². The van der Waals surface area contributed by atoms with Crippen LogP contribution in [0.3, 0.4) is 0 Å². The zero-order valence-corrected chi connectivity index (χ0v) is 15.6. The quantitative estimate of drug-likeness (QED) is 0.749. The van der Waals surface area contributed by atoms with Crippen molar-refractivity contribution in [2.24, 2.45) is 0 Å². The van der Waals surface area contributed by atoms with Crippen molar-refractivity contribution in [2.75, 3.05) is 33.4 Å². The van der Waals surface area contributed by atoms with Gasteiger partial charge in [-0.25, -0.2) is 0 Å². The first-order valence-corrected chi connectivity index (χ1v) is 9.48. The van der Waals surface area contributed by atoms with E-state index in [1.807, 2.05) is 30.3 Å². The summed E-state index contributed by atoms with van der Waals surface area (Å²) in [5, 5.41) is 10.2. The molecule has 1 aliphatic rings. The molecule has 0 saturated carbocycles. The average molecular weight is 355 g/mol. The van der Waals surface area contributed by atoms with Crippen molar-refractivity contribution in [1.82, 2.24) is 4.90 Å². The van der Waals surface area contributed by atoms with Gasteiger partial charge in [0.2, 0.25) is 0 Å². The van der Waals surface area contributed by atoms with Crippen LogP contribution < -0.4 is 9.47 Å². The fraction of sp³-hybridized carbons (Fsp3) is 0.455. The van der Waals surface area contributed by atoms with Crippen LogP contribution >= 0.6 is 0 Å². The minimum Gasteiger partial charge on any atom is -0.497 e. The molecule has 2 aromatic rings. The number of β-amino-alcohol motifs (C(OH)–C–C–N with tert-alkyl or cyclic N) is 1. The van der Waals surface area contributed by atoms with E-state index in [1.54, 1.807) is 7.11 Å². The summed E-state index contributed by atoms with van der Waals surface area (Å²) in [6.07, 6.45) is 3.89. The molecule has 1 heterocycles. The molecule has 1 aliphatic heterocycles. The van der Waals surface area contributed by atoms with E-state index in [1.165, 1.54) is 24.0 Å². The van der Waals surface area contributed by atoms with E-state index < -0.39 is 6.10 Å². The van der Waals surface area contributed by atoms with Gasteiger partial charge < -0.3 is 19.5 Å². The van der Waals surface area contributed by atoms with Crippen molar-refractivity contribution in [3.05, 3.63) is 59.7 Å². The summed E-state index contributed by atoms with van der Waals surface area (Å²) in [7, 11) is 1.68. The molecular formula is C22H29NO3. The maximum atomic E-state index is 10.2. The summed E-state index contributed by atoms with van der Waals surface area (Å²) < 4.78 is 11.1. The second kappa shape index (κ2) is 9.60. The van der Waals surface area contributed by atoms with Gasteiger partial charge in [0.25, 0.3) is 0 Å². The summed E-state index contributed by atoms with van der Waals surface area (Å²) in [6, 6.07) is 16.3. The Bertz CT molecular complexity index is 665. The number of para-hydroxylation sites is 1. The van der Waals surface area contributed by atoms with Crippen LogP contribution in [0.15, 0.2) is 48.5 Å². The minimum atomic E-state index is -0.442. The summed E-state index contributed by atoms with van der Waals surface area (Å²) >= 11 is 0. The van der Waals surface area contributed by atoms with E-state index in [0.29, 0.717) is 13.2 Å². The normalized spacial score (nSPS) is 15.8. The molecule has 140 valence electrons. The molecular weight excluding hydrogens is 326 g/mol. The monoisotopic (exact) mass is 355 g/mol. The Morgan fingerprint density at radius 2 is 1.73 bits per heavy atom. The Labute approximate surface area is 156 Å². The van der Waals surface area contributed by atoms with Gasteiger partial charge in [0.15, 0.2) is 0 Å². The van der Waals surface area contributed by atoms with Crippen LogP contribution in [0.25, 0.3) is 0 Å². The fourth-order valence-electron chi connectivity index (χ4n) is 3.42. The SMILES string of the molecule is COc1ccc(CCc2ccccc2OCC(O)CN2CCCC2)cc1. The van der Waals surface area contributed by atoms with Crippen molar-refractivity contribution in [1.29, 1.82) is 0 Å². The Morgan fingerprint density at radius 1 is 1.00 bits per heavy atom. The summed E-state index contributed by atoms with van der Waals surface area (Å²) in [5.41, 5.74) is 2.45. The van der Waals surface area contributed by atoms with E-state index in [4.69, 9.17) is 9.47 Å². The van der Waals surface area contributed by atoms with Gasteiger partial charge in [-0.05, 0) is 68.1 Å². The van der Waals surface area contributed by atoms with E-state index in [9.17, 15) is 5.11 Å². The van der Waals surface area contributed by atoms with Gasteiger partial charge in [0.05, 0.1) is 7.11 Å². The average Bonchev–Trinajstić information content (AvgIpc) is 3.18. The molecule has 1 unspecified atom stereocenters. The summed E-state index contributed by atoms with van der Waals surface area (Å²) in [6.45, 7) is 3.23. The van der Waals surface area contributed by atoms with Crippen molar-refractivity contribution in [2.45, 2.75) is 31.8 Å². The van der Waals surface area contributed by atoms with Crippen molar-refractivity contribution >= 4 is 0 Å². The zero-order chi connectivity index (χ0) is 18.2. The van der Waals surface area contributed by atoms with E-state index in [2.05, 4.69) is 23.1 Å². The van der Waals surface area contributed by atoms with E-state index in [-0.39, 0.29) is 0 Å². The Kier molecular flexibility index (Phi) is 6.92. The molecule has 0 aliphatic carbocycles. The highest BCUT2D eigenvalue weighted by molar-refractivity contribution is 5.35. The van der Waals surface area contributed by atoms with Crippen molar-refractivity contribution in [3.63, 3.8) is 0 Å². The number of hydrogen-bond acceptors (Lipinski definition) is 4. The number of aliphatic hydroxyl groups excluding tert-OH is 1. The first kappa shape index (κ1) is 18.7. The van der Waals surface area contributed by atoms with Crippen LogP contribution in [0.1, 0.15) is 24.0 Å². The van der Waals surface area contributed by atoms with Crippen LogP contribution in [-0.2, 0) is 12.8 Å². The molecule has 0 aromatic heterocycles. The van der Waals surface area contributed by atoms with E-state index >= 15 is 0 Å². The lowest BCUT2D eigenvalue weighted by molar-refractivity contribution is 0.0754. The van der Waals surface area contributed by atoms with Gasteiger partial charge in [-0.15, -0.1) is 0 Å². The first-order chi connectivity index (χ1) is 12.7. The number of methoxy groups -OCH3 is 1. The number of aryl methyl sites for hydroxylation is 2. The molecule has 1 atom stereocenters. The van der Waals surface area contributed by atoms with Gasteiger partial charge in [0, 0.05) is 6.54 Å². The predicted octanol–water partition coefficient (Wildman–Crippen LogP) is 3.32. The third-order valence-electron chi connectivity index (χ3n) is 4.91. The third kappa shape index (κ3) is 5.48. The summed E-state index contributed by atoms with van der Waals surface area (Å²) in [5.74, 6) is 1.76. The number of hydrogen-bond donors (Lipinski definition) is 1. The smallest absolute Gasteiger partial charge is 0.122 e. The molecule has 4 nitrogen and oxygen atoms in total.